The molecule has 11 heteroatoms. The second-order valence-electron chi connectivity index (χ2n) is 10.3. The van der Waals surface area contributed by atoms with Crippen LogP contribution in [0.25, 0.3) is 0 Å². The first-order valence-electron chi connectivity index (χ1n) is 12.9. The number of amides is 1. The molecule has 0 bridgehead atoms. The Morgan fingerprint density at radius 1 is 0.805 bits per heavy atom. The molecule has 0 saturated carbocycles. The van der Waals surface area contributed by atoms with Crippen LogP contribution >= 0.6 is 0 Å². The Morgan fingerprint density at radius 2 is 1.32 bits per heavy atom. The summed E-state index contributed by atoms with van der Waals surface area (Å²) in [6.45, 7) is 7.12. The summed E-state index contributed by atoms with van der Waals surface area (Å²) < 4.78 is 57.0. The van der Waals surface area contributed by atoms with Crippen molar-refractivity contribution in [2.45, 2.75) is 50.3 Å². The summed E-state index contributed by atoms with van der Waals surface area (Å²) in [4.78, 5) is 13.2. The lowest BCUT2D eigenvalue weighted by molar-refractivity contribution is 0.0485. The number of methoxy groups -OCH3 is 2. The van der Waals surface area contributed by atoms with Crippen LogP contribution < -0.4 is 19.5 Å². The number of carbonyl (C=O) groups excluding carboxylic acids is 1. The quantitative estimate of drug-likeness (QED) is 0.261. The number of rotatable bonds is 13. The van der Waals surface area contributed by atoms with Crippen molar-refractivity contribution in [2.24, 2.45) is 0 Å². The first-order chi connectivity index (χ1) is 19.4. The largest absolute Gasteiger partial charge is 0.468 e. The number of nitrogens with one attached hydrogen (secondary N) is 2. The van der Waals surface area contributed by atoms with Crippen molar-refractivity contribution in [3.63, 3.8) is 0 Å². The zero-order valence-electron chi connectivity index (χ0n) is 24.2. The van der Waals surface area contributed by atoms with Crippen LogP contribution in [0, 0.1) is 6.92 Å². The van der Waals surface area contributed by atoms with Gasteiger partial charge in [0.05, 0.1) is 17.0 Å². The number of carbonyl (C=O) groups is 1. The fourth-order valence-electron chi connectivity index (χ4n) is 3.92. The van der Waals surface area contributed by atoms with E-state index >= 15 is 0 Å². The van der Waals surface area contributed by atoms with E-state index in [0.29, 0.717) is 22.6 Å². The van der Waals surface area contributed by atoms with Crippen molar-refractivity contribution in [3.8, 4) is 11.5 Å². The first kappa shape index (κ1) is 31.9. The van der Waals surface area contributed by atoms with Crippen molar-refractivity contribution >= 4 is 16.1 Å². The molecule has 0 unspecified atom stereocenters. The van der Waals surface area contributed by atoms with Gasteiger partial charge in [-0.3, -0.25) is 0 Å². The summed E-state index contributed by atoms with van der Waals surface area (Å²) in [5.74, 6) is 0.926. The molecule has 41 heavy (non-hydrogen) atoms. The third-order valence-electron chi connectivity index (χ3n) is 5.74. The molecule has 0 heterocycles. The molecule has 2 N–H and O–H groups in total. The Bertz CT molecular complexity index is 1390. The monoisotopic (exact) mass is 586 g/mol. The number of benzene rings is 3. The normalized spacial score (nSPS) is 13.2. The number of ether oxygens (including phenoxy) is 5. The van der Waals surface area contributed by atoms with E-state index in [-0.39, 0.29) is 18.5 Å². The van der Waals surface area contributed by atoms with E-state index in [1.807, 2.05) is 6.92 Å². The molecule has 0 saturated heterocycles. The molecule has 0 fully saturated rings. The maximum absolute atomic E-state index is 13.7. The fraction of sp³-hybridized carbons (Fsp3) is 0.367. The molecule has 222 valence electrons. The molecule has 3 aromatic carbocycles. The Balaban J connectivity index is 2.15. The van der Waals surface area contributed by atoms with Crippen LogP contribution in [0.3, 0.4) is 0 Å². The van der Waals surface area contributed by atoms with Crippen LogP contribution in [0.1, 0.15) is 49.5 Å². The molecule has 1 amide bonds. The highest BCUT2D eigenvalue weighted by atomic mass is 32.2. The van der Waals surface area contributed by atoms with Crippen molar-refractivity contribution in [3.05, 3.63) is 89.5 Å². The number of aryl methyl sites for hydroxylation is 1. The van der Waals surface area contributed by atoms with Gasteiger partial charge in [-0.15, -0.1) is 0 Å². The Morgan fingerprint density at radius 3 is 1.80 bits per heavy atom. The van der Waals surface area contributed by atoms with Crippen molar-refractivity contribution in [2.75, 3.05) is 27.8 Å². The molecule has 0 aliphatic heterocycles. The summed E-state index contributed by atoms with van der Waals surface area (Å²) in [6, 6.07) is 18.4. The lowest BCUT2D eigenvalue weighted by atomic mass is 9.93. The van der Waals surface area contributed by atoms with Crippen LogP contribution in [0.15, 0.2) is 77.7 Å². The molecule has 2 atom stereocenters. The third kappa shape index (κ3) is 9.75. The van der Waals surface area contributed by atoms with E-state index in [2.05, 4.69) is 10.0 Å². The molecule has 10 nitrogen and oxygen atoms in total. The maximum Gasteiger partial charge on any atom is 0.408 e. The van der Waals surface area contributed by atoms with Crippen LogP contribution in [0.5, 0.6) is 11.5 Å². The van der Waals surface area contributed by atoms with Gasteiger partial charge in [-0.1, -0.05) is 42.0 Å². The molecule has 3 rings (SSSR count). The summed E-state index contributed by atoms with van der Waals surface area (Å²) in [5.41, 5.74) is 1.21. The van der Waals surface area contributed by atoms with Crippen molar-refractivity contribution < 1.29 is 36.9 Å². The van der Waals surface area contributed by atoms with E-state index in [1.54, 1.807) is 81.4 Å². The third-order valence-corrected chi connectivity index (χ3v) is 7.20. The lowest BCUT2D eigenvalue weighted by Gasteiger charge is -2.31. The second kappa shape index (κ2) is 14.3. The van der Waals surface area contributed by atoms with Gasteiger partial charge < -0.3 is 29.0 Å². The highest BCUT2D eigenvalue weighted by molar-refractivity contribution is 7.89. The maximum atomic E-state index is 13.7. The minimum absolute atomic E-state index is 0.00167. The van der Waals surface area contributed by atoms with E-state index < -0.39 is 33.8 Å². The Hall–Kier alpha value is -3.64. The van der Waals surface area contributed by atoms with E-state index in [0.717, 1.165) is 5.56 Å². The van der Waals surface area contributed by atoms with Crippen LogP contribution in [0.2, 0.25) is 0 Å². The summed E-state index contributed by atoms with van der Waals surface area (Å²) in [6.07, 6.45) is -0.725. The van der Waals surface area contributed by atoms with Gasteiger partial charge in [0.2, 0.25) is 10.0 Å². The van der Waals surface area contributed by atoms with E-state index in [1.165, 1.54) is 26.4 Å². The lowest BCUT2D eigenvalue weighted by Crippen LogP contribution is -2.42. The average molecular weight is 587 g/mol. The Labute approximate surface area is 242 Å². The van der Waals surface area contributed by atoms with Crippen LogP contribution in [-0.2, 0) is 24.2 Å². The highest BCUT2D eigenvalue weighted by Gasteiger charge is 2.33. The zero-order chi connectivity index (χ0) is 30.0. The summed E-state index contributed by atoms with van der Waals surface area (Å²) in [7, 11) is -1.05. The number of alkyl carbamates (subject to hydrolysis) is 1. The molecule has 0 aliphatic rings. The van der Waals surface area contributed by atoms with Crippen LogP contribution in [0.4, 0.5) is 4.79 Å². The summed E-state index contributed by atoms with van der Waals surface area (Å²) >= 11 is 0. The van der Waals surface area contributed by atoms with Gasteiger partial charge in [0.25, 0.3) is 0 Å². The highest BCUT2D eigenvalue weighted by Crippen LogP contribution is 2.34. The van der Waals surface area contributed by atoms with Crippen LogP contribution in [-0.4, -0.2) is 47.9 Å². The molecule has 0 aliphatic carbocycles. The molecular weight excluding hydrogens is 548 g/mol. The first-order valence-corrected chi connectivity index (χ1v) is 14.4. The van der Waals surface area contributed by atoms with E-state index in [4.69, 9.17) is 23.7 Å². The smallest absolute Gasteiger partial charge is 0.408 e. The number of sulfonamides is 1. The predicted octanol–water partition coefficient (Wildman–Crippen LogP) is 5.25. The standard InChI is InChI=1S/C30H38N2O8S/c1-21-13-15-26(16-14-21)41(34,35)32-28(23-10-8-12-25(18-23)39-20-37-6)27(31-29(33)40-30(2,3)4)22-9-7-11-24(17-22)38-19-36-5/h7-18,27-28,32H,19-20H2,1-6H3,(H,31,33)/t27-,28-/m1/s1. The van der Waals surface area contributed by atoms with Crippen molar-refractivity contribution in [1.29, 1.82) is 0 Å². The van der Waals surface area contributed by atoms with Crippen molar-refractivity contribution in [1.82, 2.24) is 10.0 Å². The van der Waals surface area contributed by atoms with Gasteiger partial charge in [-0.25, -0.2) is 17.9 Å². The zero-order valence-corrected chi connectivity index (χ0v) is 25.0. The molecule has 3 aromatic rings. The average Bonchev–Trinajstić information content (AvgIpc) is 2.92. The topological polar surface area (TPSA) is 121 Å². The van der Waals surface area contributed by atoms with Gasteiger partial charge in [0.15, 0.2) is 13.6 Å². The Kier molecular flexibility index (Phi) is 11.1. The van der Waals surface area contributed by atoms with E-state index in [9.17, 15) is 13.2 Å². The van der Waals surface area contributed by atoms with Gasteiger partial charge in [-0.05, 0) is 75.2 Å². The molecule has 0 radical (unpaired) electrons. The van der Waals surface area contributed by atoms with Gasteiger partial charge in [-0.2, -0.15) is 0 Å². The summed E-state index contributed by atoms with van der Waals surface area (Å²) in [5, 5.41) is 2.88. The molecule has 0 aromatic heterocycles. The second-order valence-corrected chi connectivity index (χ2v) is 12.0. The van der Waals surface area contributed by atoms with Gasteiger partial charge >= 0.3 is 6.09 Å². The predicted molar refractivity (Wildman–Crippen MR) is 154 cm³/mol. The fourth-order valence-corrected chi connectivity index (χ4v) is 5.16. The minimum Gasteiger partial charge on any atom is -0.468 e. The SMILES string of the molecule is COCOc1cccc([C@@H](NC(=O)OC(C)(C)C)[C@H](NS(=O)(=O)c2ccc(C)cc2)c2cccc(OCOC)c2)c1. The number of hydrogen-bond donors (Lipinski definition) is 2. The van der Waals surface area contributed by atoms with Gasteiger partial charge in [0.1, 0.15) is 17.1 Å². The number of hydrogen-bond acceptors (Lipinski definition) is 8. The molecule has 0 spiro atoms. The molecular formula is C30H38N2O8S. The minimum atomic E-state index is -4.06. The van der Waals surface area contributed by atoms with Gasteiger partial charge in [0, 0.05) is 14.2 Å².